The van der Waals surface area contributed by atoms with Gasteiger partial charge in [-0.1, -0.05) is 29.3 Å². The van der Waals surface area contributed by atoms with Crippen molar-refractivity contribution in [3.05, 3.63) is 65.4 Å². The molecule has 1 aliphatic rings. The molecule has 4 nitrogen and oxygen atoms in total. The summed E-state index contributed by atoms with van der Waals surface area (Å²) in [6, 6.07) is 15.7. The number of benzene rings is 2. The van der Waals surface area contributed by atoms with Crippen molar-refractivity contribution in [2.45, 2.75) is 37.5 Å². The van der Waals surface area contributed by atoms with Crippen LogP contribution in [0.25, 0.3) is 10.9 Å². The second kappa shape index (κ2) is 6.56. The number of hydrogen-bond donors (Lipinski definition) is 1. The molecule has 1 saturated heterocycles. The molecule has 2 aromatic carbocycles. The number of nitrogens with one attached hydrogen (secondary N) is 1. The maximum atomic E-state index is 12.8. The standard InChI is InChI=1S/C21H24N2O2S/c1-15-3-6-19(7-4-15)26(24,25)23-11-9-17(10-12-23)21-14-18-13-16(2)5-8-20(18)22-21/h3-8,13-14,17,22H,9-12H2,1-2H3. The molecule has 0 bridgehead atoms. The van der Waals surface area contributed by atoms with E-state index in [1.54, 1.807) is 16.4 Å². The van der Waals surface area contributed by atoms with E-state index in [-0.39, 0.29) is 0 Å². The summed E-state index contributed by atoms with van der Waals surface area (Å²) in [7, 11) is -3.39. The number of sulfonamides is 1. The van der Waals surface area contributed by atoms with Crippen molar-refractivity contribution in [2.24, 2.45) is 0 Å². The van der Waals surface area contributed by atoms with Gasteiger partial charge in [0.1, 0.15) is 0 Å². The summed E-state index contributed by atoms with van der Waals surface area (Å²) in [6.45, 7) is 5.19. The number of nitrogens with zero attached hydrogens (tertiary/aromatic N) is 1. The molecule has 3 aromatic rings. The quantitative estimate of drug-likeness (QED) is 0.747. The highest BCUT2D eigenvalue weighted by Crippen LogP contribution is 2.32. The molecule has 136 valence electrons. The van der Waals surface area contributed by atoms with E-state index in [1.807, 2.05) is 19.1 Å². The third-order valence-corrected chi connectivity index (χ3v) is 7.26. The molecule has 1 aliphatic heterocycles. The minimum Gasteiger partial charge on any atom is -0.358 e. The maximum absolute atomic E-state index is 12.8. The highest BCUT2D eigenvalue weighted by Gasteiger charge is 2.30. The Bertz CT molecular complexity index is 1030. The molecular weight excluding hydrogens is 344 g/mol. The van der Waals surface area contributed by atoms with Gasteiger partial charge in [0.15, 0.2) is 0 Å². The van der Waals surface area contributed by atoms with Gasteiger partial charge in [0.2, 0.25) is 10.0 Å². The molecule has 0 radical (unpaired) electrons. The molecule has 1 aromatic heterocycles. The van der Waals surface area contributed by atoms with Crippen LogP contribution >= 0.6 is 0 Å². The maximum Gasteiger partial charge on any atom is 0.243 e. The van der Waals surface area contributed by atoms with Gasteiger partial charge in [0.05, 0.1) is 4.90 Å². The van der Waals surface area contributed by atoms with E-state index < -0.39 is 10.0 Å². The minimum atomic E-state index is -3.39. The molecule has 0 aliphatic carbocycles. The van der Waals surface area contributed by atoms with Crippen LogP contribution in [0.5, 0.6) is 0 Å². The lowest BCUT2D eigenvalue weighted by Crippen LogP contribution is -2.37. The zero-order valence-corrected chi connectivity index (χ0v) is 16.0. The molecule has 0 amide bonds. The van der Waals surface area contributed by atoms with E-state index in [1.165, 1.54) is 16.6 Å². The largest absolute Gasteiger partial charge is 0.358 e. The van der Waals surface area contributed by atoms with Crippen LogP contribution in [0.2, 0.25) is 0 Å². The fourth-order valence-corrected chi connectivity index (χ4v) is 5.23. The number of rotatable bonds is 3. The Hall–Kier alpha value is -2.11. The number of H-pyrrole nitrogens is 1. The summed E-state index contributed by atoms with van der Waals surface area (Å²) in [5.41, 5.74) is 4.69. The summed E-state index contributed by atoms with van der Waals surface area (Å²) in [6.07, 6.45) is 1.69. The summed E-state index contributed by atoms with van der Waals surface area (Å²) in [4.78, 5) is 3.91. The van der Waals surface area contributed by atoms with E-state index in [4.69, 9.17) is 0 Å². The molecule has 5 heteroatoms. The molecular formula is C21H24N2O2S. The van der Waals surface area contributed by atoms with Crippen molar-refractivity contribution in [3.8, 4) is 0 Å². The number of aromatic nitrogens is 1. The SMILES string of the molecule is Cc1ccc(S(=O)(=O)N2CCC(c3cc4cc(C)ccc4[nH]3)CC2)cc1. The average Bonchev–Trinajstić information content (AvgIpc) is 3.05. The van der Waals surface area contributed by atoms with Crippen molar-refractivity contribution >= 4 is 20.9 Å². The van der Waals surface area contributed by atoms with Crippen molar-refractivity contribution < 1.29 is 8.42 Å². The van der Waals surface area contributed by atoms with Crippen LogP contribution in [0.4, 0.5) is 0 Å². The topological polar surface area (TPSA) is 53.2 Å². The molecule has 2 heterocycles. The van der Waals surface area contributed by atoms with E-state index >= 15 is 0 Å². The Kier molecular flexibility index (Phi) is 4.37. The molecule has 1 N–H and O–H groups in total. The summed E-state index contributed by atoms with van der Waals surface area (Å²) in [5, 5.41) is 1.23. The van der Waals surface area contributed by atoms with Crippen LogP contribution in [0.1, 0.15) is 35.6 Å². The molecule has 26 heavy (non-hydrogen) atoms. The first kappa shape index (κ1) is 17.3. The van der Waals surface area contributed by atoms with Gasteiger partial charge >= 0.3 is 0 Å². The highest BCUT2D eigenvalue weighted by atomic mass is 32.2. The minimum absolute atomic E-state index is 0.382. The second-order valence-electron chi connectivity index (χ2n) is 7.31. The van der Waals surface area contributed by atoms with Crippen LogP contribution in [-0.2, 0) is 10.0 Å². The van der Waals surface area contributed by atoms with Gasteiger partial charge < -0.3 is 4.98 Å². The first-order valence-corrected chi connectivity index (χ1v) is 10.5. The zero-order valence-electron chi connectivity index (χ0n) is 15.2. The lowest BCUT2D eigenvalue weighted by molar-refractivity contribution is 0.317. The lowest BCUT2D eigenvalue weighted by atomic mass is 9.95. The Balaban J connectivity index is 1.50. The molecule has 0 atom stereocenters. The third-order valence-electron chi connectivity index (χ3n) is 5.35. The monoisotopic (exact) mass is 368 g/mol. The molecule has 4 rings (SSSR count). The first-order chi connectivity index (χ1) is 12.4. The summed E-state index contributed by atoms with van der Waals surface area (Å²) in [5.74, 6) is 0.382. The number of aromatic amines is 1. The Morgan fingerprint density at radius 1 is 0.923 bits per heavy atom. The van der Waals surface area contributed by atoms with E-state index in [9.17, 15) is 8.42 Å². The van der Waals surface area contributed by atoms with Gasteiger partial charge in [-0.25, -0.2) is 8.42 Å². The van der Waals surface area contributed by atoms with Crippen LogP contribution in [0, 0.1) is 13.8 Å². The van der Waals surface area contributed by atoms with E-state index in [0.717, 1.165) is 23.9 Å². The van der Waals surface area contributed by atoms with Crippen molar-refractivity contribution in [1.29, 1.82) is 0 Å². The van der Waals surface area contributed by atoms with Gasteiger partial charge in [-0.3, -0.25) is 0 Å². The van der Waals surface area contributed by atoms with Crippen LogP contribution in [0.3, 0.4) is 0 Å². The molecule has 0 unspecified atom stereocenters. The number of hydrogen-bond acceptors (Lipinski definition) is 2. The van der Waals surface area contributed by atoms with Crippen LogP contribution < -0.4 is 0 Å². The number of fused-ring (bicyclic) bond motifs is 1. The van der Waals surface area contributed by atoms with Gasteiger partial charge in [0.25, 0.3) is 0 Å². The predicted molar refractivity (Wildman–Crippen MR) is 105 cm³/mol. The van der Waals surface area contributed by atoms with Crippen LogP contribution in [0.15, 0.2) is 53.4 Å². The lowest BCUT2D eigenvalue weighted by Gasteiger charge is -2.30. The predicted octanol–water partition coefficient (Wildman–Crippen LogP) is 4.35. The van der Waals surface area contributed by atoms with Crippen LogP contribution in [-0.4, -0.2) is 30.8 Å². The van der Waals surface area contributed by atoms with Gasteiger partial charge in [-0.15, -0.1) is 0 Å². The van der Waals surface area contributed by atoms with Crippen molar-refractivity contribution in [3.63, 3.8) is 0 Å². The van der Waals surface area contributed by atoms with Gasteiger partial charge in [0, 0.05) is 30.2 Å². The zero-order chi connectivity index (χ0) is 18.3. The van der Waals surface area contributed by atoms with Gasteiger partial charge in [-0.05, 0) is 62.4 Å². The second-order valence-corrected chi connectivity index (χ2v) is 9.24. The highest BCUT2D eigenvalue weighted by molar-refractivity contribution is 7.89. The average molecular weight is 369 g/mol. The number of aryl methyl sites for hydroxylation is 2. The molecule has 1 fully saturated rings. The van der Waals surface area contributed by atoms with Crippen molar-refractivity contribution in [2.75, 3.05) is 13.1 Å². The van der Waals surface area contributed by atoms with E-state index in [0.29, 0.717) is 23.9 Å². The number of piperidine rings is 1. The van der Waals surface area contributed by atoms with E-state index in [2.05, 4.69) is 36.2 Å². The van der Waals surface area contributed by atoms with Gasteiger partial charge in [-0.2, -0.15) is 4.31 Å². The summed E-state index contributed by atoms with van der Waals surface area (Å²) >= 11 is 0. The third kappa shape index (κ3) is 3.17. The normalized spacial score (nSPS) is 17.0. The fraction of sp³-hybridized carbons (Fsp3) is 0.333. The Morgan fingerprint density at radius 3 is 2.27 bits per heavy atom. The van der Waals surface area contributed by atoms with Crippen molar-refractivity contribution in [1.82, 2.24) is 9.29 Å². The smallest absolute Gasteiger partial charge is 0.243 e. The Morgan fingerprint density at radius 2 is 1.58 bits per heavy atom. The molecule has 0 spiro atoms. The first-order valence-electron chi connectivity index (χ1n) is 9.09. The molecule has 0 saturated carbocycles. The fourth-order valence-electron chi connectivity index (χ4n) is 3.76. The summed E-state index contributed by atoms with van der Waals surface area (Å²) < 4.78 is 27.3. The Labute approximate surface area is 154 Å².